The Bertz CT molecular complexity index is 284. The summed E-state index contributed by atoms with van der Waals surface area (Å²) in [5.74, 6) is 1.17. The third-order valence-electron chi connectivity index (χ3n) is 4.79. The van der Waals surface area contributed by atoms with Gasteiger partial charge in [-0.2, -0.15) is 0 Å². The highest BCUT2D eigenvalue weighted by Gasteiger charge is 2.28. The van der Waals surface area contributed by atoms with Crippen molar-refractivity contribution in [2.75, 3.05) is 13.1 Å². The number of halogens is 1. The first-order valence-electron chi connectivity index (χ1n) is 8.20. The van der Waals surface area contributed by atoms with E-state index >= 15 is 0 Å². The number of nitrogens with one attached hydrogen (secondary N) is 1. The number of nitrogens with zero attached hydrogens (tertiary/aromatic N) is 1. The van der Waals surface area contributed by atoms with Gasteiger partial charge in [-0.25, -0.2) is 0 Å². The first-order chi connectivity index (χ1) is 9.18. The van der Waals surface area contributed by atoms with Crippen molar-refractivity contribution in [3.63, 3.8) is 0 Å². The third-order valence-corrected chi connectivity index (χ3v) is 4.79. The first-order valence-corrected chi connectivity index (χ1v) is 8.20. The molecule has 1 saturated carbocycles. The molecule has 0 radical (unpaired) electrons. The van der Waals surface area contributed by atoms with E-state index in [1.807, 2.05) is 0 Å². The molecule has 2 rings (SSSR count). The summed E-state index contributed by atoms with van der Waals surface area (Å²) in [6, 6.07) is 0.893. The van der Waals surface area contributed by atoms with Crippen LogP contribution in [0.5, 0.6) is 0 Å². The Morgan fingerprint density at radius 3 is 2.30 bits per heavy atom. The van der Waals surface area contributed by atoms with Crippen LogP contribution in [0.3, 0.4) is 0 Å². The van der Waals surface area contributed by atoms with Crippen LogP contribution >= 0.6 is 12.4 Å². The monoisotopic (exact) mass is 302 g/mol. The smallest absolute Gasteiger partial charge is 0.223 e. The highest BCUT2D eigenvalue weighted by atomic mass is 35.5. The van der Waals surface area contributed by atoms with E-state index < -0.39 is 0 Å². The molecule has 1 N–H and O–H groups in total. The molecule has 3 nitrogen and oxygen atoms in total. The Balaban J connectivity index is 0.00000200. The lowest BCUT2D eigenvalue weighted by molar-refractivity contribution is -0.135. The van der Waals surface area contributed by atoms with Crippen LogP contribution in [0.1, 0.15) is 65.2 Å². The quantitative estimate of drug-likeness (QED) is 0.844. The summed E-state index contributed by atoms with van der Waals surface area (Å²) in [7, 11) is 0. The molecule has 0 spiro atoms. The van der Waals surface area contributed by atoms with Crippen LogP contribution in [0.4, 0.5) is 0 Å². The molecule has 1 heterocycles. The predicted molar refractivity (Wildman–Crippen MR) is 86.3 cm³/mol. The number of hydrogen-bond acceptors (Lipinski definition) is 2. The first kappa shape index (κ1) is 17.8. The second kappa shape index (κ2) is 8.89. The lowest BCUT2D eigenvalue weighted by atomic mass is 9.92. The van der Waals surface area contributed by atoms with Crippen molar-refractivity contribution >= 4 is 18.3 Å². The van der Waals surface area contributed by atoms with Crippen molar-refractivity contribution < 1.29 is 4.79 Å². The van der Waals surface area contributed by atoms with Crippen molar-refractivity contribution in [3.05, 3.63) is 0 Å². The molecule has 0 aromatic carbocycles. The van der Waals surface area contributed by atoms with Gasteiger partial charge in [0.2, 0.25) is 5.91 Å². The van der Waals surface area contributed by atoms with Gasteiger partial charge in [-0.05, 0) is 65.0 Å². The summed E-state index contributed by atoms with van der Waals surface area (Å²) < 4.78 is 0. The van der Waals surface area contributed by atoms with Crippen LogP contribution in [-0.4, -0.2) is 36.0 Å². The van der Waals surface area contributed by atoms with Crippen molar-refractivity contribution in [1.82, 2.24) is 10.2 Å². The van der Waals surface area contributed by atoms with Crippen molar-refractivity contribution in [1.29, 1.82) is 0 Å². The van der Waals surface area contributed by atoms with E-state index in [1.165, 1.54) is 38.5 Å². The summed E-state index contributed by atoms with van der Waals surface area (Å²) in [6.07, 6.45) is 9.39. The Morgan fingerprint density at radius 1 is 1.15 bits per heavy atom. The fourth-order valence-electron chi connectivity index (χ4n) is 3.72. The average Bonchev–Trinajstić information content (AvgIpc) is 2.91. The van der Waals surface area contributed by atoms with E-state index in [1.54, 1.807) is 0 Å². The summed E-state index contributed by atoms with van der Waals surface area (Å²) >= 11 is 0. The molecule has 0 aromatic heterocycles. The fraction of sp³-hybridized carbons (Fsp3) is 0.938. The van der Waals surface area contributed by atoms with Gasteiger partial charge in [0.15, 0.2) is 0 Å². The van der Waals surface area contributed by atoms with Gasteiger partial charge < -0.3 is 10.2 Å². The summed E-state index contributed by atoms with van der Waals surface area (Å²) in [5, 5.41) is 3.39. The number of carbonyl (C=O) groups is 1. The molecule has 2 aliphatic rings. The second-order valence-corrected chi connectivity index (χ2v) is 6.57. The number of hydrogen-bond donors (Lipinski definition) is 1. The van der Waals surface area contributed by atoms with Gasteiger partial charge in [0, 0.05) is 18.5 Å². The summed E-state index contributed by atoms with van der Waals surface area (Å²) in [6.45, 7) is 6.60. The number of amides is 1. The standard InChI is InChI=1S/C16H30N2O.ClH/c1-13(2)18(15-5-3-4-6-15)16(19)8-7-14-9-11-17-12-10-14;/h13-15,17H,3-12H2,1-2H3;1H. The minimum Gasteiger partial charge on any atom is -0.337 e. The minimum atomic E-state index is 0. The maximum absolute atomic E-state index is 12.5. The van der Waals surface area contributed by atoms with Crippen LogP contribution in [0.25, 0.3) is 0 Å². The molecule has 4 heteroatoms. The van der Waals surface area contributed by atoms with Crippen molar-refractivity contribution in [2.24, 2.45) is 5.92 Å². The Morgan fingerprint density at radius 2 is 1.75 bits per heavy atom. The van der Waals surface area contributed by atoms with Crippen molar-refractivity contribution in [2.45, 2.75) is 77.3 Å². The third kappa shape index (κ3) is 4.92. The Kier molecular flexibility index (Phi) is 7.90. The van der Waals surface area contributed by atoms with Crippen LogP contribution in [0, 0.1) is 5.92 Å². The summed E-state index contributed by atoms with van der Waals surface area (Å²) in [5.41, 5.74) is 0. The topological polar surface area (TPSA) is 32.3 Å². The zero-order chi connectivity index (χ0) is 13.7. The molecule has 20 heavy (non-hydrogen) atoms. The zero-order valence-corrected chi connectivity index (χ0v) is 13.9. The Labute approximate surface area is 130 Å². The van der Waals surface area contributed by atoms with Gasteiger partial charge in [0.25, 0.3) is 0 Å². The zero-order valence-electron chi connectivity index (χ0n) is 13.1. The minimum absolute atomic E-state index is 0. The molecular formula is C16H31ClN2O. The maximum atomic E-state index is 12.5. The van der Waals surface area contributed by atoms with Gasteiger partial charge in [0.05, 0.1) is 0 Å². The number of carbonyl (C=O) groups excluding carboxylic acids is 1. The Hall–Kier alpha value is -0.280. The van der Waals surface area contributed by atoms with E-state index in [0.29, 0.717) is 18.0 Å². The van der Waals surface area contributed by atoms with E-state index in [4.69, 9.17) is 0 Å². The van der Waals surface area contributed by atoms with Crippen LogP contribution in [0.2, 0.25) is 0 Å². The molecule has 0 unspecified atom stereocenters. The molecule has 1 amide bonds. The average molecular weight is 303 g/mol. The molecule has 1 aliphatic carbocycles. The second-order valence-electron chi connectivity index (χ2n) is 6.57. The molecule has 1 saturated heterocycles. The molecule has 2 fully saturated rings. The van der Waals surface area contributed by atoms with Gasteiger partial charge in [-0.15, -0.1) is 12.4 Å². The highest BCUT2D eigenvalue weighted by molar-refractivity contribution is 5.85. The molecular weight excluding hydrogens is 272 g/mol. The lowest BCUT2D eigenvalue weighted by Crippen LogP contribution is -2.43. The largest absolute Gasteiger partial charge is 0.337 e. The van der Waals surface area contributed by atoms with Gasteiger partial charge >= 0.3 is 0 Å². The predicted octanol–water partition coefficient (Wildman–Crippen LogP) is 3.37. The van der Waals surface area contributed by atoms with E-state index in [0.717, 1.165) is 31.8 Å². The van der Waals surface area contributed by atoms with Crippen LogP contribution in [-0.2, 0) is 4.79 Å². The van der Waals surface area contributed by atoms with Gasteiger partial charge in [0.1, 0.15) is 0 Å². The van der Waals surface area contributed by atoms with E-state index in [2.05, 4.69) is 24.1 Å². The molecule has 0 atom stereocenters. The van der Waals surface area contributed by atoms with Crippen LogP contribution < -0.4 is 5.32 Å². The normalized spacial score (nSPS) is 20.9. The van der Waals surface area contributed by atoms with E-state index in [9.17, 15) is 4.79 Å². The van der Waals surface area contributed by atoms with Gasteiger partial charge in [-0.1, -0.05) is 12.8 Å². The molecule has 118 valence electrons. The lowest BCUT2D eigenvalue weighted by Gasteiger charge is -2.33. The maximum Gasteiger partial charge on any atom is 0.223 e. The highest BCUT2D eigenvalue weighted by Crippen LogP contribution is 2.27. The van der Waals surface area contributed by atoms with Crippen LogP contribution in [0.15, 0.2) is 0 Å². The summed E-state index contributed by atoms with van der Waals surface area (Å²) in [4.78, 5) is 14.7. The van der Waals surface area contributed by atoms with Crippen molar-refractivity contribution in [3.8, 4) is 0 Å². The number of rotatable bonds is 5. The number of piperidine rings is 1. The fourth-order valence-corrected chi connectivity index (χ4v) is 3.72. The van der Waals surface area contributed by atoms with Gasteiger partial charge in [-0.3, -0.25) is 4.79 Å². The molecule has 1 aliphatic heterocycles. The molecule has 0 aromatic rings. The van der Waals surface area contributed by atoms with E-state index in [-0.39, 0.29) is 12.4 Å². The SMILES string of the molecule is CC(C)N(C(=O)CCC1CCNCC1)C1CCCC1.Cl. The molecule has 0 bridgehead atoms.